The largest absolute Gasteiger partial charge is 0.466 e. The zero-order chi connectivity index (χ0) is 23.0. The van der Waals surface area contributed by atoms with E-state index in [2.05, 4.69) is 19.2 Å². The number of aliphatic hydroxyl groups excluding tert-OH is 1. The molecular weight excluding hydrogens is 428 g/mol. The van der Waals surface area contributed by atoms with Gasteiger partial charge in [0.2, 0.25) is 11.8 Å². The molecule has 0 radical (unpaired) electrons. The molecule has 2 unspecified atom stereocenters. The summed E-state index contributed by atoms with van der Waals surface area (Å²) in [6, 6.07) is -0.926. The van der Waals surface area contributed by atoms with Gasteiger partial charge in [-0.25, -0.2) is 0 Å². The van der Waals surface area contributed by atoms with Crippen LogP contribution in [0.1, 0.15) is 72.1 Å². The molecule has 3 saturated heterocycles. The van der Waals surface area contributed by atoms with Crippen molar-refractivity contribution >= 4 is 29.5 Å². The Hall–Kier alpha value is -1.28. The average Bonchev–Trinajstić information content (AvgIpc) is 3.40. The third-order valence-electron chi connectivity index (χ3n) is 7.84. The van der Waals surface area contributed by atoms with E-state index in [4.69, 9.17) is 4.74 Å². The first-order chi connectivity index (χ1) is 15.3. The Labute approximate surface area is 195 Å². The maximum absolute atomic E-state index is 13.9. The quantitative estimate of drug-likeness (QED) is 0.534. The van der Waals surface area contributed by atoms with E-state index < -0.39 is 28.7 Å². The Morgan fingerprint density at radius 2 is 1.97 bits per heavy atom. The molecule has 1 spiro atoms. The number of carbonyl (C=O) groups excluding carboxylic acids is 3. The van der Waals surface area contributed by atoms with Crippen LogP contribution in [0.25, 0.3) is 0 Å². The minimum atomic E-state index is -0.646. The highest BCUT2D eigenvalue weighted by atomic mass is 32.2. The summed E-state index contributed by atoms with van der Waals surface area (Å²) < 4.78 is 4.75. The fraction of sp³-hybridized carbons (Fsp3) is 0.875. The lowest BCUT2D eigenvalue weighted by atomic mass is 9.71. The lowest BCUT2D eigenvalue weighted by Crippen LogP contribution is -2.58. The number of carbonyl (C=O) groups is 3. The van der Waals surface area contributed by atoms with Gasteiger partial charge in [0.15, 0.2) is 0 Å². The molecule has 4 fully saturated rings. The number of fused-ring (bicyclic) bond motifs is 1. The number of aliphatic hydroxyl groups is 1. The molecule has 0 aromatic carbocycles. The Bertz CT molecular complexity index is 740. The molecular formula is C24H38N2O5S. The normalized spacial score (nSPS) is 35.3. The van der Waals surface area contributed by atoms with Gasteiger partial charge < -0.3 is 20.1 Å². The second kappa shape index (κ2) is 9.53. The molecule has 6 atom stereocenters. The van der Waals surface area contributed by atoms with E-state index in [1.165, 1.54) is 6.42 Å². The fourth-order valence-corrected chi connectivity index (χ4v) is 8.83. The number of nitrogens with one attached hydrogen (secondary N) is 1. The van der Waals surface area contributed by atoms with Crippen LogP contribution in [0.2, 0.25) is 0 Å². The third kappa shape index (κ3) is 3.95. The first kappa shape index (κ1) is 23.9. The maximum atomic E-state index is 13.9. The van der Waals surface area contributed by atoms with Gasteiger partial charge in [-0.2, -0.15) is 0 Å². The Kier molecular flexibility index (Phi) is 7.11. The lowest BCUT2D eigenvalue weighted by molar-refractivity contribution is -0.154. The summed E-state index contributed by atoms with van der Waals surface area (Å²) in [6.45, 7) is 5.99. The van der Waals surface area contributed by atoms with E-state index in [1.54, 1.807) is 23.6 Å². The van der Waals surface area contributed by atoms with Crippen molar-refractivity contribution < 1.29 is 24.2 Å². The SMILES string of the molecule is CCOC(=O)[C@@H]1[C@H]2C(=O)N([C@@H](CO)CC(C)C)C(C(=O)NC3CCCCC3)C23CC[C@H]1S3. The second-order valence-electron chi connectivity index (χ2n) is 10.4. The van der Waals surface area contributed by atoms with Crippen molar-refractivity contribution in [2.24, 2.45) is 17.8 Å². The molecule has 0 aromatic heterocycles. The third-order valence-corrected chi connectivity index (χ3v) is 9.80. The van der Waals surface area contributed by atoms with Crippen molar-refractivity contribution in [3.63, 3.8) is 0 Å². The lowest BCUT2D eigenvalue weighted by Gasteiger charge is -2.38. The van der Waals surface area contributed by atoms with Crippen LogP contribution in [-0.2, 0) is 19.1 Å². The number of amides is 2. The number of ether oxygens (including phenoxy) is 1. The molecule has 7 nitrogen and oxygen atoms in total. The highest BCUT2D eigenvalue weighted by Gasteiger charge is 2.74. The predicted molar refractivity (Wildman–Crippen MR) is 123 cm³/mol. The molecule has 32 heavy (non-hydrogen) atoms. The highest BCUT2D eigenvalue weighted by Crippen LogP contribution is 2.66. The van der Waals surface area contributed by atoms with Crippen molar-refractivity contribution in [2.45, 2.75) is 100 Å². The summed E-state index contributed by atoms with van der Waals surface area (Å²) in [7, 11) is 0. The van der Waals surface area contributed by atoms with E-state index >= 15 is 0 Å². The number of nitrogens with zero attached hydrogens (tertiary/aromatic N) is 1. The molecule has 3 heterocycles. The van der Waals surface area contributed by atoms with E-state index in [9.17, 15) is 19.5 Å². The summed E-state index contributed by atoms with van der Waals surface area (Å²) in [4.78, 5) is 42.2. The molecule has 2 amide bonds. The van der Waals surface area contributed by atoms with Crippen LogP contribution >= 0.6 is 11.8 Å². The Morgan fingerprint density at radius 1 is 1.25 bits per heavy atom. The van der Waals surface area contributed by atoms with Gasteiger partial charge in [0.25, 0.3) is 0 Å². The minimum Gasteiger partial charge on any atom is -0.466 e. The molecule has 1 saturated carbocycles. The highest BCUT2D eigenvalue weighted by molar-refractivity contribution is 8.02. The maximum Gasteiger partial charge on any atom is 0.310 e. The Morgan fingerprint density at radius 3 is 2.59 bits per heavy atom. The average molecular weight is 467 g/mol. The number of rotatable bonds is 8. The summed E-state index contributed by atoms with van der Waals surface area (Å²) in [5.74, 6) is -1.36. The molecule has 4 aliphatic rings. The van der Waals surface area contributed by atoms with Gasteiger partial charge in [0, 0.05) is 11.3 Å². The first-order valence-corrected chi connectivity index (χ1v) is 13.3. The number of likely N-dealkylation sites (tertiary alicyclic amines) is 1. The zero-order valence-corrected chi connectivity index (χ0v) is 20.4. The number of hydrogen-bond donors (Lipinski definition) is 2. The van der Waals surface area contributed by atoms with Crippen LogP contribution in [0, 0.1) is 17.8 Å². The zero-order valence-electron chi connectivity index (χ0n) is 19.5. The minimum absolute atomic E-state index is 0.0211. The van der Waals surface area contributed by atoms with E-state index in [0.29, 0.717) is 6.42 Å². The summed E-state index contributed by atoms with van der Waals surface area (Å²) >= 11 is 1.66. The van der Waals surface area contributed by atoms with Gasteiger partial charge in [-0.3, -0.25) is 14.4 Å². The molecule has 3 aliphatic heterocycles. The van der Waals surface area contributed by atoms with Gasteiger partial charge in [0.1, 0.15) is 6.04 Å². The fourth-order valence-electron chi connectivity index (χ4n) is 6.64. The standard InChI is InChI=1S/C24H38N2O5S/c1-4-31-23(30)18-17-10-11-24(32-17)19(18)22(29)26(16(13-27)12-14(2)3)20(24)21(28)25-15-8-6-5-7-9-15/h14-20,27H,4-13H2,1-3H3,(H,25,28)/t16-,17-,18+,19+,20?,24?/m1/s1. The van der Waals surface area contributed by atoms with Gasteiger partial charge in [-0.05, 0) is 44.9 Å². The molecule has 0 aromatic rings. The monoisotopic (exact) mass is 466 g/mol. The smallest absolute Gasteiger partial charge is 0.310 e. The van der Waals surface area contributed by atoms with Gasteiger partial charge in [-0.1, -0.05) is 33.1 Å². The van der Waals surface area contributed by atoms with E-state index in [0.717, 1.165) is 38.5 Å². The summed E-state index contributed by atoms with van der Waals surface area (Å²) in [5, 5.41) is 13.5. The van der Waals surface area contributed by atoms with E-state index in [-0.39, 0.29) is 48.2 Å². The molecule has 4 rings (SSSR count). The van der Waals surface area contributed by atoms with Crippen molar-refractivity contribution in [1.82, 2.24) is 10.2 Å². The van der Waals surface area contributed by atoms with Crippen LogP contribution < -0.4 is 5.32 Å². The van der Waals surface area contributed by atoms with Crippen LogP contribution in [0.3, 0.4) is 0 Å². The van der Waals surface area contributed by atoms with Crippen molar-refractivity contribution in [1.29, 1.82) is 0 Å². The van der Waals surface area contributed by atoms with Crippen LogP contribution in [-0.4, -0.2) is 69.1 Å². The van der Waals surface area contributed by atoms with Crippen LogP contribution in [0.4, 0.5) is 0 Å². The van der Waals surface area contributed by atoms with Crippen LogP contribution in [0.15, 0.2) is 0 Å². The van der Waals surface area contributed by atoms with Crippen molar-refractivity contribution in [2.75, 3.05) is 13.2 Å². The second-order valence-corrected chi connectivity index (χ2v) is 12.0. The number of esters is 1. The summed E-state index contributed by atoms with van der Waals surface area (Å²) in [5.41, 5.74) is 0. The van der Waals surface area contributed by atoms with Gasteiger partial charge in [-0.15, -0.1) is 11.8 Å². The molecule has 180 valence electrons. The number of hydrogen-bond acceptors (Lipinski definition) is 6. The van der Waals surface area contributed by atoms with Crippen molar-refractivity contribution in [3.8, 4) is 0 Å². The summed E-state index contributed by atoms with van der Waals surface area (Å²) in [6.07, 6.45) is 7.54. The molecule has 2 bridgehead atoms. The predicted octanol–water partition coefficient (Wildman–Crippen LogP) is 2.50. The molecule has 2 N–H and O–H groups in total. The van der Waals surface area contributed by atoms with Crippen LogP contribution in [0.5, 0.6) is 0 Å². The van der Waals surface area contributed by atoms with Gasteiger partial charge in [0.05, 0.1) is 35.8 Å². The molecule has 1 aliphatic carbocycles. The number of thioether (sulfide) groups is 1. The van der Waals surface area contributed by atoms with Crippen molar-refractivity contribution in [3.05, 3.63) is 0 Å². The Balaban J connectivity index is 1.69. The van der Waals surface area contributed by atoms with Gasteiger partial charge >= 0.3 is 5.97 Å². The molecule has 8 heteroatoms. The first-order valence-electron chi connectivity index (χ1n) is 12.4. The topological polar surface area (TPSA) is 95.9 Å². The van der Waals surface area contributed by atoms with E-state index in [1.807, 2.05) is 0 Å².